The minimum Gasteiger partial charge on any atom is -0.379 e. The zero-order valence-electron chi connectivity index (χ0n) is 19.1. The number of amides is 1. The predicted molar refractivity (Wildman–Crippen MR) is 135 cm³/mol. The highest BCUT2D eigenvalue weighted by Gasteiger charge is 2.23. The molecule has 0 radical (unpaired) electrons. The van der Waals surface area contributed by atoms with Crippen molar-refractivity contribution in [3.8, 4) is 11.1 Å². The van der Waals surface area contributed by atoms with Crippen molar-refractivity contribution in [1.29, 1.82) is 0 Å². The lowest BCUT2D eigenvalue weighted by atomic mass is 10.0. The van der Waals surface area contributed by atoms with Crippen LogP contribution in [0.4, 0.5) is 13.9 Å². The number of fused-ring (bicyclic) bond motifs is 1. The number of hydrogen-bond acceptors (Lipinski definition) is 5. The average molecular weight is 494 g/mol. The molecule has 0 spiro atoms. The van der Waals surface area contributed by atoms with Crippen molar-refractivity contribution in [3.63, 3.8) is 0 Å². The van der Waals surface area contributed by atoms with Crippen LogP contribution in [0.3, 0.4) is 0 Å². The molecular formula is C27H25F2N3O2S. The summed E-state index contributed by atoms with van der Waals surface area (Å²) in [7, 11) is 0. The third-order valence-electron chi connectivity index (χ3n) is 6.09. The molecule has 180 valence electrons. The number of carbonyl (C=O) groups is 1. The number of carbonyl (C=O) groups excluding carboxylic acids is 1. The second kappa shape index (κ2) is 10.6. The van der Waals surface area contributed by atoms with Crippen LogP contribution in [-0.4, -0.2) is 55.2 Å². The molecule has 35 heavy (non-hydrogen) atoms. The topological polar surface area (TPSA) is 45.7 Å². The lowest BCUT2D eigenvalue weighted by Crippen LogP contribution is -2.43. The Kier molecular flexibility index (Phi) is 7.13. The van der Waals surface area contributed by atoms with Gasteiger partial charge in [0, 0.05) is 32.2 Å². The fraction of sp³-hybridized carbons (Fsp3) is 0.259. The molecule has 0 saturated carbocycles. The molecule has 1 amide bonds. The van der Waals surface area contributed by atoms with E-state index in [2.05, 4.69) is 9.88 Å². The minimum atomic E-state index is -0.723. The standard InChI is InChI=1S/C27H25F2N3O2S/c28-22-17-23(29)26-24(18-22)35-27(30-26)32(11-10-31-12-14-34-15-13-31)25(33)16-19-6-8-21(9-7-19)20-4-2-1-3-5-20/h1-9,17-18H,10-16H2. The Morgan fingerprint density at radius 3 is 2.46 bits per heavy atom. The van der Waals surface area contributed by atoms with Crippen LogP contribution in [0.1, 0.15) is 5.56 Å². The molecule has 1 aliphatic rings. The van der Waals surface area contributed by atoms with E-state index in [1.54, 1.807) is 4.90 Å². The maximum Gasteiger partial charge on any atom is 0.233 e. The van der Waals surface area contributed by atoms with Gasteiger partial charge in [-0.05, 0) is 22.8 Å². The van der Waals surface area contributed by atoms with Crippen LogP contribution in [-0.2, 0) is 16.0 Å². The van der Waals surface area contributed by atoms with Crippen LogP contribution in [0.25, 0.3) is 21.3 Å². The molecular weight excluding hydrogens is 468 g/mol. The van der Waals surface area contributed by atoms with Crippen LogP contribution < -0.4 is 4.90 Å². The highest BCUT2D eigenvalue weighted by molar-refractivity contribution is 7.22. The molecule has 5 rings (SSSR count). The smallest absolute Gasteiger partial charge is 0.233 e. The molecule has 8 heteroatoms. The molecule has 1 aliphatic heterocycles. The van der Waals surface area contributed by atoms with Gasteiger partial charge >= 0.3 is 0 Å². The normalized spacial score (nSPS) is 14.3. The Bertz CT molecular complexity index is 1310. The molecule has 0 bridgehead atoms. The van der Waals surface area contributed by atoms with Gasteiger partial charge in [0.15, 0.2) is 10.9 Å². The van der Waals surface area contributed by atoms with Gasteiger partial charge in [0.1, 0.15) is 11.3 Å². The van der Waals surface area contributed by atoms with Crippen molar-refractivity contribution < 1.29 is 18.3 Å². The van der Waals surface area contributed by atoms with Crippen molar-refractivity contribution >= 4 is 32.6 Å². The maximum absolute atomic E-state index is 14.3. The quantitative estimate of drug-likeness (QED) is 0.357. The fourth-order valence-corrected chi connectivity index (χ4v) is 5.22. The van der Waals surface area contributed by atoms with Crippen molar-refractivity contribution in [1.82, 2.24) is 9.88 Å². The summed E-state index contributed by atoms with van der Waals surface area (Å²) in [6.07, 6.45) is 0.185. The molecule has 1 aromatic heterocycles. The van der Waals surface area contributed by atoms with Crippen LogP contribution >= 0.6 is 11.3 Å². The largest absolute Gasteiger partial charge is 0.379 e. The third-order valence-corrected chi connectivity index (χ3v) is 7.12. The molecule has 0 N–H and O–H groups in total. The lowest BCUT2D eigenvalue weighted by Gasteiger charge is -2.29. The second-order valence-electron chi connectivity index (χ2n) is 8.47. The molecule has 2 heterocycles. The summed E-state index contributed by atoms with van der Waals surface area (Å²) in [6, 6.07) is 20.0. The van der Waals surface area contributed by atoms with Gasteiger partial charge in [-0.25, -0.2) is 13.8 Å². The number of nitrogens with zero attached hydrogens (tertiary/aromatic N) is 3. The van der Waals surface area contributed by atoms with E-state index in [9.17, 15) is 13.6 Å². The molecule has 4 aromatic rings. The number of morpholine rings is 1. The summed E-state index contributed by atoms with van der Waals surface area (Å²) in [5, 5.41) is 0.378. The van der Waals surface area contributed by atoms with Gasteiger partial charge in [-0.2, -0.15) is 0 Å². The van der Waals surface area contributed by atoms with E-state index in [4.69, 9.17) is 4.74 Å². The van der Waals surface area contributed by atoms with E-state index in [1.807, 2.05) is 54.6 Å². The first-order chi connectivity index (χ1) is 17.1. The molecule has 1 saturated heterocycles. The van der Waals surface area contributed by atoms with Crippen LogP contribution in [0.15, 0.2) is 66.7 Å². The number of hydrogen-bond donors (Lipinski definition) is 0. The first-order valence-corrected chi connectivity index (χ1v) is 12.4. The van der Waals surface area contributed by atoms with E-state index in [-0.39, 0.29) is 17.8 Å². The number of halogens is 2. The molecule has 1 fully saturated rings. The fourth-order valence-electron chi connectivity index (χ4n) is 4.17. The SMILES string of the molecule is O=C(Cc1ccc(-c2ccccc2)cc1)N(CCN1CCOCC1)c1nc2c(F)cc(F)cc2s1. The Balaban J connectivity index is 1.37. The van der Waals surface area contributed by atoms with Gasteiger partial charge < -0.3 is 4.74 Å². The monoisotopic (exact) mass is 493 g/mol. The summed E-state index contributed by atoms with van der Waals surface area (Å²) in [5.74, 6) is -1.51. The summed E-state index contributed by atoms with van der Waals surface area (Å²) in [5.41, 5.74) is 3.16. The van der Waals surface area contributed by atoms with Crippen LogP contribution in [0.2, 0.25) is 0 Å². The predicted octanol–water partition coefficient (Wildman–Crippen LogP) is 5.15. The van der Waals surface area contributed by atoms with E-state index >= 15 is 0 Å². The van der Waals surface area contributed by atoms with E-state index in [0.29, 0.717) is 36.1 Å². The maximum atomic E-state index is 14.3. The van der Waals surface area contributed by atoms with Crippen molar-refractivity contribution in [2.24, 2.45) is 0 Å². The number of ether oxygens (including phenoxy) is 1. The van der Waals surface area contributed by atoms with Gasteiger partial charge in [-0.3, -0.25) is 14.6 Å². The Morgan fingerprint density at radius 1 is 1.00 bits per heavy atom. The number of thiazole rings is 1. The van der Waals surface area contributed by atoms with Gasteiger partial charge in [0.25, 0.3) is 0 Å². The number of anilines is 1. The Morgan fingerprint density at radius 2 is 1.71 bits per heavy atom. The number of rotatable bonds is 7. The summed E-state index contributed by atoms with van der Waals surface area (Å²) < 4.78 is 33.8. The van der Waals surface area contributed by atoms with Gasteiger partial charge in [0.2, 0.25) is 5.91 Å². The average Bonchev–Trinajstić information content (AvgIpc) is 3.30. The van der Waals surface area contributed by atoms with Crippen LogP contribution in [0, 0.1) is 11.6 Å². The van der Waals surface area contributed by atoms with E-state index in [0.717, 1.165) is 47.2 Å². The zero-order valence-corrected chi connectivity index (χ0v) is 19.9. The first kappa shape index (κ1) is 23.5. The van der Waals surface area contributed by atoms with Crippen molar-refractivity contribution in [3.05, 3.63) is 83.9 Å². The Hall–Kier alpha value is -3.20. The van der Waals surface area contributed by atoms with E-state index in [1.165, 1.54) is 6.07 Å². The van der Waals surface area contributed by atoms with Gasteiger partial charge in [-0.1, -0.05) is 65.9 Å². The minimum absolute atomic E-state index is 0.0859. The summed E-state index contributed by atoms with van der Waals surface area (Å²) in [4.78, 5) is 21.7. The van der Waals surface area contributed by atoms with Crippen molar-refractivity contribution in [2.75, 3.05) is 44.3 Å². The second-order valence-corrected chi connectivity index (χ2v) is 9.48. The molecule has 0 atom stereocenters. The number of aromatic nitrogens is 1. The third kappa shape index (κ3) is 5.56. The highest BCUT2D eigenvalue weighted by Crippen LogP contribution is 2.31. The molecule has 5 nitrogen and oxygen atoms in total. The van der Waals surface area contributed by atoms with Gasteiger partial charge in [0.05, 0.1) is 24.3 Å². The highest BCUT2D eigenvalue weighted by atomic mass is 32.1. The zero-order chi connectivity index (χ0) is 24.2. The molecule has 0 aliphatic carbocycles. The van der Waals surface area contributed by atoms with Gasteiger partial charge in [-0.15, -0.1) is 0 Å². The van der Waals surface area contributed by atoms with Crippen LogP contribution in [0.5, 0.6) is 0 Å². The van der Waals surface area contributed by atoms with Crippen molar-refractivity contribution in [2.45, 2.75) is 6.42 Å². The summed E-state index contributed by atoms with van der Waals surface area (Å²) in [6.45, 7) is 3.96. The molecule has 3 aromatic carbocycles. The lowest BCUT2D eigenvalue weighted by molar-refractivity contribution is -0.118. The Labute approximate surface area is 206 Å². The van der Waals surface area contributed by atoms with E-state index < -0.39 is 11.6 Å². The molecule has 0 unspecified atom stereocenters. The number of benzene rings is 3. The first-order valence-electron chi connectivity index (χ1n) is 11.6. The summed E-state index contributed by atoms with van der Waals surface area (Å²) >= 11 is 1.13.